The highest BCUT2D eigenvalue weighted by atomic mass is 35.5. The second-order valence-corrected chi connectivity index (χ2v) is 1.65. The van der Waals surface area contributed by atoms with Gasteiger partial charge in [0.15, 0.2) is 0 Å². The molecule has 1 rings (SSSR count). The molecular weight excluding hydrogens is 156 g/mol. The molecule has 56 valence electrons. The van der Waals surface area contributed by atoms with Gasteiger partial charge in [0.2, 0.25) is 0 Å². The Kier molecular flexibility index (Phi) is 3.49. The van der Waals surface area contributed by atoms with Crippen molar-refractivity contribution in [2.45, 2.75) is 6.42 Å². The molecule has 0 aliphatic heterocycles. The molecule has 10 heavy (non-hydrogen) atoms. The summed E-state index contributed by atoms with van der Waals surface area (Å²) in [6.07, 6.45) is 2.96. The second-order valence-electron chi connectivity index (χ2n) is 1.65. The van der Waals surface area contributed by atoms with Crippen LogP contribution in [0.25, 0.3) is 0 Å². The predicted molar refractivity (Wildman–Crippen MR) is 29.9 cm³/mol. The third kappa shape index (κ3) is 2.50. The zero-order valence-electron chi connectivity index (χ0n) is 5.04. The Morgan fingerprint density at radius 2 is 2.50 bits per heavy atom. The summed E-state index contributed by atoms with van der Waals surface area (Å²) >= 11 is 0. The van der Waals surface area contributed by atoms with Gasteiger partial charge in [-0.3, -0.25) is 4.79 Å². The number of aromatic nitrogens is 2. The molecule has 4 nitrogen and oxygen atoms in total. The molecule has 0 radical (unpaired) electrons. The fourth-order valence-corrected chi connectivity index (χ4v) is 0.544. The molecule has 0 aromatic carbocycles. The molecular formula is C5H6ClN2O2-. The van der Waals surface area contributed by atoms with E-state index in [-0.39, 0.29) is 18.8 Å². The predicted octanol–water partition coefficient (Wildman–Crippen LogP) is -2.96. The lowest BCUT2D eigenvalue weighted by Gasteiger charge is -1.85. The van der Waals surface area contributed by atoms with E-state index in [0.717, 1.165) is 0 Å². The summed E-state index contributed by atoms with van der Waals surface area (Å²) in [5.74, 6) is -0.848. The molecule has 0 saturated heterocycles. The topological polar surface area (TPSA) is 66.0 Å². The number of H-pyrrole nitrogens is 1. The van der Waals surface area contributed by atoms with Crippen LogP contribution < -0.4 is 12.4 Å². The van der Waals surface area contributed by atoms with Crippen LogP contribution >= 0.6 is 0 Å². The minimum absolute atomic E-state index is 0. The number of nitrogens with zero attached hydrogens (tertiary/aromatic N) is 1. The summed E-state index contributed by atoms with van der Waals surface area (Å²) in [6, 6.07) is 0. The fourth-order valence-electron chi connectivity index (χ4n) is 0.544. The first kappa shape index (κ1) is 8.97. The van der Waals surface area contributed by atoms with Gasteiger partial charge in [0.25, 0.3) is 0 Å². The van der Waals surface area contributed by atoms with Gasteiger partial charge >= 0.3 is 5.97 Å². The molecule has 2 N–H and O–H groups in total. The van der Waals surface area contributed by atoms with Crippen LogP contribution in [0.5, 0.6) is 0 Å². The molecule has 1 aromatic rings. The number of carboxylic acids is 1. The lowest BCUT2D eigenvalue weighted by atomic mass is 10.3. The Morgan fingerprint density at radius 3 is 2.90 bits per heavy atom. The van der Waals surface area contributed by atoms with Gasteiger partial charge < -0.3 is 22.5 Å². The average molecular weight is 162 g/mol. The van der Waals surface area contributed by atoms with E-state index in [4.69, 9.17) is 5.11 Å². The third-order valence-corrected chi connectivity index (χ3v) is 0.897. The number of aliphatic carboxylic acids is 1. The molecule has 0 unspecified atom stereocenters. The molecule has 1 aromatic heterocycles. The Balaban J connectivity index is 0.000000810. The molecule has 0 saturated carbocycles. The SMILES string of the molecule is O=C(O)Cc1cnc[nH]1.[Cl-]. The summed E-state index contributed by atoms with van der Waals surface area (Å²) in [7, 11) is 0. The molecule has 0 atom stereocenters. The van der Waals surface area contributed by atoms with E-state index in [2.05, 4.69) is 9.97 Å². The Labute approximate surface area is 63.7 Å². The molecule has 0 aliphatic rings. The van der Waals surface area contributed by atoms with Gasteiger partial charge in [-0.25, -0.2) is 4.98 Å². The van der Waals surface area contributed by atoms with Gasteiger partial charge in [-0.1, -0.05) is 0 Å². The molecule has 0 spiro atoms. The van der Waals surface area contributed by atoms with Crippen molar-refractivity contribution in [1.82, 2.24) is 9.97 Å². The van der Waals surface area contributed by atoms with Crippen molar-refractivity contribution in [2.75, 3.05) is 0 Å². The summed E-state index contributed by atoms with van der Waals surface area (Å²) in [5, 5.41) is 8.24. The van der Waals surface area contributed by atoms with Crippen LogP contribution in [0.15, 0.2) is 12.5 Å². The van der Waals surface area contributed by atoms with Crippen LogP contribution in [0.1, 0.15) is 5.69 Å². The fraction of sp³-hybridized carbons (Fsp3) is 0.200. The standard InChI is InChI=1S/C5H6N2O2.ClH/c8-5(9)1-4-2-6-3-7-4;/h2-3H,1H2,(H,6,7)(H,8,9);1H/p-1. The van der Waals surface area contributed by atoms with E-state index in [1.807, 2.05) is 0 Å². The number of carboxylic acid groups (broad SMARTS) is 1. The van der Waals surface area contributed by atoms with Gasteiger partial charge in [0, 0.05) is 11.9 Å². The van der Waals surface area contributed by atoms with Crippen LogP contribution in [0.3, 0.4) is 0 Å². The Morgan fingerprint density at radius 1 is 1.80 bits per heavy atom. The number of halogens is 1. The number of aromatic amines is 1. The molecule has 1 heterocycles. The van der Waals surface area contributed by atoms with E-state index in [0.29, 0.717) is 5.69 Å². The lowest BCUT2D eigenvalue weighted by molar-refractivity contribution is -0.136. The highest BCUT2D eigenvalue weighted by molar-refractivity contribution is 5.69. The first-order chi connectivity index (χ1) is 4.29. The molecule has 0 amide bonds. The molecule has 0 aliphatic carbocycles. The van der Waals surface area contributed by atoms with E-state index >= 15 is 0 Å². The van der Waals surface area contributed by atoms with Crippen LogP contribution in [0.4, 0.5) is 0 Å². The largest absolute Gasteiger partial charge is 1.00 e. The number of imidazole rings is 1. The maximum Gasteiger partial charge on any atom is 0.309 e. The Bertz CT molecular complexity index is 197. The van der Waals surface area contributed by atoms with Gasteiger partial charge in [-0.15, -0.1) is 0 Å². The van der Waals surface area contributed by atoms with Crippen molar-refractivity contribution >= 4 is 5.97 Å². The number of hydrogen-bond donors (Lipinski definition) is 2. The van der Waals surface area contributed by atoms with Gasteiger partial charge in [0.1, 0.15) is 0 Å². The van der Waals surface area contributed by atoms with E-state index in [1.165, 1.54) is 12.5 Å². The minimum Gasteiger partial charge on any atom is -1.00 e. The molecule has 5 heteroatoms. The van der Waals surface area contributed by atoms with E-state index < -0.39 is 5.97 Å². The number of rotatable bonds is 2. The maximum atomic E-state index is 10.0. The maximum absolute atomic E-state index is 10.0. The van der Waals surface area contributed by atoms with E-state index in [1.54, 1.807) is 0 Å². The summed E-state index contributed by atoms with van der Waals surface area (Å²) in [6.45, 7) is 0. The monoisotopic (exact) mass is 161 g/mol. The quantitative estimate of drug-likeness (QED) is 0.487. The van der Waals surface area contributed by atoms with Crippen LogP contribution in [-0.2, 0) is 11.2 Å². The minimum atomic E-state index is -0.848. The summed E-state index contributed by atoms with van der Waals surface area (Å²) in [4.78, 5) is 16.4. The number of hydrogen-bond acceptors (Lipinski definition) is 2. The molecule has 0 bridgehead atoms. The van der Waals surface area contributed by atoms with Gasteiger partial charge in [-0.2, -0.15) is 0 Å². The van der Waals surface area contributed by atoms with Crippen molar-refractivity contribution in [3.63, 3.8) is 0 Å². The zero-order chi connectivity index (χ0) is 6.69. The smallest absolute Gasteiger partial charge is 0.309 e. The first-order valence-electron chi connectivity index (χ1n) is 2.48. The molecule has 0 fully saturated rings. The van der Waals surface area contributed by atoms with Crippen molar-refractivity contribution in [1.29, 1.82) is 0 Å². The highest BCUT2D eigenvalue weighted by Gasteiger charge is 1.98. The first-order valence-corrected chi connectivity index (χ1v) is 2.48. The van der Waals surface area contributed by atoms with Gasteiger partial charge in [-0.05, 0) is 0 Å². The van der Waals surface area contributed by atoms with Crippen molar-refractivity contribution in [3.8, 4) is 0 Å². The number of carbonyl (C=O) groups is 1. The van der Waals surface area contributed by atoms with Crippen molar-refractivity contribution < 1.29 is 22.3 Å². The van der Waals surface area contributed by atoms with E-state index in [9.17, 15) is 4.79 Å². The zero-order valence-corrected chi connectivity index (χ0v) is 5.80. The summed E-state index contributed by atoms with van der Waals surface area (Å²) in [5.41, 5.74) is 0.627. The van der Waals surface area contributed by atoms with Crippen molar-refractivity contribution in [3.05, 3.63) is 18.2 Å². The normalized spacial score (nSPS) is 8.40. The van der Waals surface area contributed by atoms with Crippen LogP contribution in [0.2, 0.25) is 0 Å². The Hall–Kier alpha value is -1.03. The van der Waals surface area contributed by atoms with Crippen LogP contribution in [-0.4, -0.2) is 21.0 Å². The van der Waals surface area contributed by atoms with Crippen molar-refractivity contribution in [2.24, 2.45) is 0 Å². The third-order valence-electron chi connectivity index (χ3n) is 0.897. The van der Waals surface area contributed by atoms with Crippen LogP contribution in [0, 0.1) is 0 Å². The average Bonchev–Trinajstić information content (AvgIpc) is 2.15. The lowest BCUT2D eigenvalue weighted by Crippen LogP contribution is -3.00. The van der Waals surface area contributed by atoms with Gasteiger partial charge in [0.05, 0.1) is 12.7 Å². The second kappa shape index (κ2) is 3.90. The number of nitrogens with one attached hydrogen (secondary N) is 1. The highest BCUT2D eigenvalue weighted by Crippen LogP contribution is 1.90. The summed E-state index contributed by atoms with van der Waals surface area (Å²) < 4.78 is 0.